The Balaban J connectivity index is 1.18. The van der Waals surface area contributed by atoms with Crippen LogP contribution in [0.4, 0.5) is 33.4 Å². The molecule has 0 saturated heterocycles. The molecule has 2 nitrogen and oxygen atoms in total. The minimum absolute atomic E-state index is 0.160. The minimum Gasteiger partial charge on any atom is -0.310 e. The molecule has 0 amide bonds. The highest BCUT2D eigenvalue weighted by Crippen LogP contribution is 2.65. The van der Waals surface area contributed by atoms with Crippen LogP contribution in [0.25, 0.3) is 43.5 Å². The van der Waals surface area contributed by atoms with Crippen molar-refractivity contribution in [1.29, 1.82) is 0 Å². The number of para-hydroxylation sites is 2. The molecule has 0 unspecified atom stereocenters. The van der Waals surface area contributed by atoms with Gasteiger partial charge < -0.3 is 9.80 Å². The Morgan fingerprint density at radius 3 is 1.75 bits per heavy atom. The Hall–Kier alpha value is -7.46. The number of hydrogen-bond donors (Lipinski definition) is 0. The molecule has 0 radical (unpaired) electrons. The van der Waals surface area contributed by atoms with E-state index in [4.69, 9.17) is 0 Å². The molecule has 0 fully saturated rings. The fourth-order valence-electron chi connectivity index (χ4n) is 11.5. The van der Waals surface area contributed by atoms with Gasteiger partial charge in [-0.15, -0.1) is 11.3 Å². The van der Waals surface area contributed by atoms with E-state index >= 15 is 0 Å². The zero-order chi connectivity index (χ0) is 41.9. The highest BCUT2D eigenvalue weighted by molar-refractivity contribution is 7.23. The fraction of sp³-hybridized carbons (Fsp3) is 0.0667. The monoisotopic (exact) mass is 822 g/mol. The summed E-state index contributed by atoms with van der Waals surface area (Å²) in [6.07, 6.45) is 0. The summed E-state index contributed by atoms with van der Waals surface area (Å²) >= 11 is 1.88. The summed E-state index contributed by atoms with van der Waals surface area (Å²) in [5, 5.41) is 2.47. The van der Waals surface area contributed by atoms with Crippen LogP contribution in [-0.4, -0.2) is 0 Å². The lowest BCUT2D eigenvalue weighted by Crippen LogP contribution is -2.36. The normalized spacial score (nSPS) is 14.4. The molecule has 0 saturated carbocycles. The van der Waals surface area contributed by atoms with Crippen molar-refractivity contribution < 1.29 is 0 Å². The topological polar surface area (TPSA) is 6.48 Å². The Bertz CT molecular complexity index is 3410. The summed E-state index contributed by atoms with van der Waals surface area (Å²) < 4.78 is 1.27. The third-order valence-electron chi connectivity index (χ3n) is 14.1. The highest BCUT2D eigenvalue weighted by atomic mass is 32.1. The van der Waals surface area contributed by atoms with Gasteiger partial charge in [0, 0.05) is 38.0 Å². The standard InChI is InChI=1S/C60H42N2S/c1-59(2)46-28-13-11-26-44(46)57-50(59)32-19-34-54(57)62(58-56(39-20-5-3-6-21-39)45-27-12-18-35-55(45)63-58)41-36-37-53-51(38-41)60(47-29-14-9-24-42(47)43-25-10-15-30-48(43)60)49-31-16-17-33-52(49)61(53)40-22-7-4-8-23-40/h3-38H,1-2H3. The maximum absolute atomic E-state index is 2.61. The third-order valence-corrected chi connectivity index (χ3v) is 15.2. The van der Waals surface area contributed by atoms with Crippen molar-refractivity contribution in [1.82, 2.24) is 0 Å². The molecule has 0 N–H and O–H groups in total. The molecule has 10 aromatic rings. The number of thiophene rings is 1. The third kappa shape index (κ3) is 4.94. The lowest BCUT2D eigenvalue weighted by molar-refractivity contribution is 0.660. The lowest BCUT2D eigenvalue weighted by Gasteiger charge is -2.45. The number of nitrogens with zero attached hydrogens (tertiary/aromatic N) is 2. The first-order valence-corrected chi connectivity index (χ1v) is 22.8. The van der Waals surface area contributed by atoms with E-state index in [2.05, 4.69) is 242 Å². The average molecular weight is 823 g/mol. The van der Waals surface area contributed by atoms with E-state index in [-0.39, 0.29) is 5.41 Å². The molecule has 13 rings (SSSR count). The maximum Gasteiger partial charge on any atom is 0.109 e. The molecule has 3 heteroatoms. The van der Waals surface area contributed by atoms with Crippen molar-refractivity contribution in [3.8, 4) is 33.4 Å². The number of hydrogen-bond acceptors (Lipinski definition) is 3. The summed E-state index contributed by atoms with van der Waals surface area (Å²) in [5.74, 6) is 0. The van der Waals surface area contributed by atoms with Crippen molar-refractivity contribution >= 4 is 54.9 Å². The van der Waals surface area contributed by atoms with Gasteiger partial charge in [-0.1, -0.05) is 184 Å². The van der Waals surface area contributed by atoms with Crippen LogP contribution in [-0.2, 0) is 10.8 Å². The highest BCUT2D eigenvalue weighted by Gasteiger charge is 2.52. The Labute approximate surface area is 372 Å². The van der Waals surface area contributed by atoms with Gasteiger partial charge in [0.1, 0.15) is 5.00 Å². The van der Waals surface area contributed by atoms with Gasteiger partial charge in [0.25, 0.3) is 0 Å². The predicted molar refractivity (Wildman–Crippen MR) is 265 cm³/mol. The van der Waals surface area contributed by atoms with E-state index in [1.165, 1.54) is 98.9 Å². The summed E-state index contributed by atoms with van der Waals surface area (Å²) in [4.78, 5) is 5.10. The van der Waals surface area contributed by atoms with Crippen LogP contribution in [0.5, 0.6) is 0 Å². The summed E-state index contributed by atoms with van der Waals surface area (Å²) in [6, 6.07) is 81.5. The Kier molecular flexibility index (Phi) is 7.77. The minimum atomic E-state index is -0.582. The van der Waals surface area contributed by atoms with Gasteiger partial charge in [-0.2, -0.15) is 0 Å². The molecule has 1 aliphatic heterocycles. The van der Waals surface area contributed by atoms with Crippen molar-refractivity contribution in [2.75, 3.05) is 9.80 Å². The summed E-state index contributed by atoms with van der Waals surface area (Å²) in [6.45, 7) is 4.77. The molecule has 9 aromatic carbocycles. The molecule has 63 heavy (non-hydrogen) atoms. The van der Waals surface area contributed by atoms with E-state index in [1.807, 2.05) is 11.3 Å². The lowest BCUT2D eigenvalue weighted by atomic mass is 9.64. The second kappa shape index (κ2) is 13.5. The van der Waals surface area contributed by atoms with Crippen LogP contribution in [0.15, 0.2) is 218 Å². The summed E-state index contributed by atoms with van der Waals surface area (Å²) in [5.41, 5.74) is 20.6. The molecule has 2 aliphatic carbocycles. The van der Waals surface area contributed by atoms with Crippen LogP contribution in [0.1, 0.15) is 47.2 Å². The molecule has 0 atom stereocenters. The molecular formula is C60H42N2S. The Morgan fingerprint density at radius 1 is 0.429 bits per heavy atom. The van der Waals surface area contributed by atoms with Crippen molar-refractivity contribution in [3.63, 3.8) is 0 Å². The van der Waals surface area contributed by atoms with Crippen molar-refractivity contribution in [2.24, 2.45) is 0 Å². The molecule has 3 aliphatic rings. The van der Waals surface area contributed by atoms with Gasteiger partial charge in [0.2, 0.25) is 0 Å². The van der Waals surface area contributed by atoms with Gasteiger partial charge in [-0.25, -0.2) is 0 Å². The largest absolute Gasteiger partial charge is 0.310 e. The van der Waals surface area contributed by atoms with Crippen LogP contribution in [0, 0.1) is 0 Å². The van der Waals surface area contributed by atoms with E-state index in [0.29, 0.717) is 0 Å². The van der Waals surface area contributed by atoms with E-state index in [9.17, 15) is 0 Å². The Morgan fingerprint density at radius 2 is 1.00 bits per heavy atom. The number of rotatable bonds is 5. The number of anilines is 6. The van der Waals surface area contributed by atoms with Crippen molar-refractivity contribution in [2.45, 2.75) is 24.7 Å². The average Bonchev–Trinajstić information content (AvgIpc) is 3.94. The molecule has 1 aromatic heterocycles. The van der Waals surface area contributed by atoms with Gasteiger partial charge >= 0.3 is 0 Å². The van der Waals surface area contributed by atoms with E-state index in [0.717, 1.165) is 11.4 Å². The van der Waals surface area contributed by atoms with Gasteiger partial charge in [0.05, 0.1) is 22.5 Å². The first-order valence-electron chi connectivity index (χ1n) is 21.9. The van der Waals surface area contributed by atoms with Crippen molar-refractivity contribution in [3.05, 3.63) is 252 Å². The van der Waals surface area contributed by atoms with Crippen LogP contribution in [0.3, 0.4) is 0 Å². The maximum atomic E-state index is 2.61. The van der Waals surface area contributed by atoms with E-state index in [1.54, 1.807) is 0 Å². The van der Waals surface area contributed by atoms with E-state index < -0.39 is 5.41 Å². The summed E-state index contributed by atoms with van der Waals surface area (Å²) in [7, 11) is 0. The van der Waals surface area contributed by atoms with Gasteiger partial charge in [0.15, 0.2) is 0 Å². The molecule has 1 spiro atoms. The van der Waals surface area contributed by atoms with Crippen LogP contribution >= 0.6 is 11.3 Å². The first kappa shape index (κ1) is 36.2. The molecule has 0 bridgehead atoms. The quantitative estimate of drug-likeness (QED) is 0.171. The molecular weight excluding hydrogens is 781 g/mol. The zero-order valence-corrected chi connectivity index (χ0v) is 35.9. The van der Waals surface area contributed by atoms with Gasteiger partial charge in [-0.3, -0.25) is 0 Å². The number of benzene rings is 9. The molecule has 298 valence electrons. The predicted octanol–water partition coefficient (Wildman–Crippen LogP) is 16.5. The SMILES string of the molecule is CC1(C)c2ccccc2-c2c(N(c3ccc4c(c3)C3(c5ccccc5-c5ccccc53)c3ccccc3N4c3ccccc3)c3sc4ccccc4c3-c3ccccc3)cccc21. The number of fused-ring (bicyclic) bond motifs is 13. The van der Waals surface area contributed by atoms with Crippen LogP contribution < -0.4 is 9.80 Å². The molecule has 2 heterocycles. The van der Waals surface area contributed by atoms with Crippen LogP contribution in [0.2, 0.25) is 0 Å². The zero-order valence-electron chi connectivity index (χ0n) is 35.1. The smallest absolute Gasteiger partial charge is 0.109 e. The first-order chi connectivity index (χ1) is 31.0. The second-order valence-electron chi connectivity index (χ2n) is 17.6. The fourth-order valence-corrected chi connectivity index (χ4v) is 12.7. The van der Waals surface area contributed by atoms with Gasteiger partial charge in [-0.05, 0) is 104 Å². The second-order valence-corrected chi connectivity index (χ2v) is 18.6.